The van der Waals surface area contributed by atoms with Crippen molar-refractivity contribution in [3.05, 3.63) is 119 Å². The van der Waals surface area contributed by atoms with E-state index in [-0.39, 0.29) is 22.0 Å². The van der Waals surface area contributed by atoms with Crippen molar-refractivity contribution in [1.82, 2.24) is 0 Å². The number of para-hydroxylation sites is 2. The number of ether oxygens (including phenoxy) is 2. The Balaban J connectivity index is 0.947. The Bertz CT molecular complexity index is 2680. The van der Waals surface area contributed by atoms with Crippen LogP contribution < -0.4 is 9.47 Å². The molecule has 16 aliphatic carbocycles. The molecule has 72 heavy (non-hydrogen) atoms. The van der Waals surface area contributed by atoms with E-state index in [1.54, 1.807) is 43.5 Å². The third kappa shape index (κ3) is 5.91. The number of aromatic carboxylic acids is 2. The molecule has 2 N–H and O–H groups in total. The van der Waals surface area contributed by atoms with Gasteiger partial charge in [0.05, 0.1) is 11.1 Å². The summed E-state index contributed by atoms with van der Waals surface area (Å²) in [6, 6.07) is 32.5. The number of hydrogen-bond acceptors (Lipinski definition) is 4. The van der Waals surface area contributed by atoms with Gasteiger partial charge in [-0.25, -0.2) is 9.59 Å². The molecule has 4 aromatic carbocycles. The topological polar surface area (TPSA) is 93.1 Å². The van der Waals surface area contributed by atoms with E-state index in [0.717, 1.165) is 76.6 Å². The van der Waals surface area contributed by atoms with E-state index in [0.29, 0.717) is 40.1 Å². The highest BCUT2D eigenvalue weighted by molar-refractivity contribution is 5.88. The highest BCUT2D eigenvalue weighted by Crippen LogP contribution is 2.88. The predicted molar refractivity (Wildman–Crippen MR) is 276 cm³/mol. The van der Waals surface area contributed by atoms with Gasteiger partial charge in [0, 0.05) is 16.5 Å². The molecule has 0 aromatic heterocycles. The summed E-state index contributed by atoms with van der Waals surface area (Å²) >= 11 is 0. The summed E-state index contributed by atoms with van der Waals surface area (Å²) in [5.41, 5.74) is 3.82. The lowest BCUT2D eigenvalue weighted by molar-refractivity contribution is -0.321. The van der Waals surface area contributed by atoms with Crippen LogP contribution in [0.3, 0.4) is 0 Å². The summed E-state index contributed by atoms with van der Waals surface area (Å²) in [5.74, 6) is 12.8. The van der Waals surface area contributed by atoms with Gasteiger partial charge in [-0.05, 0) is 300 Å². The molecule has 0 saturated heterocycles. The number of carboxylic acids is 2. The fourth-order valence-corrected chi connectivity index (χ4v) is 25.2. The van der Waals surface area contributed by atoms with Crippen LogP contribution in [0.1, 0.15) is 167 Å². The van der Waals surface area contributed by atoms with Crippen LogP contribution in [0, 0.1) is 105 Å². The monoisotopic (exact) mass is 963 g/mol. The van der Waals surface area contributed by atoms with Gasteiger partial charge in [0.15, 0.2) is 0 Å². The van der Waals surface area contributed by atoms with Crippen LogP contribution in [0.5, 0.6) is 23.0 Å². The summed E-state index contributed by atoms with van der Waals surface area (Å²) in [6.45, 7) is 0. The minimum absolute atomic E-state index is 0.0377. The molecule has 16 bridgehead atoms. The van der Waals surface area contributed by atoms with Crippen molar-refractivity contribution < 1.29 is 29.3 Å². The van der Waals surface area contributed by atoms with Gasteiger partial charge < -0.3 is 19.7 Å². The zero-order valence-corrected chi connectivity index (χ0v) is 42.2. The molecule has 0 aliphatic heterocycles. The Morgan fingerprint density at radius 1 is 0.417 bits per heavy atom. The Hall–Kier alpha value is -4.58. The highest BCUT2D eigenvalue weighted by atomic mass is 16.5. The van der Waals surface area contributed by atoms with Crippen molar-refractivity contribution in [2.75, 3.05) is 0 Å². The zero-order valence-electron chi connectivity index (χ0n) is 42.2. The summed E-state index contributed by atoms with van der Waals surface area (Å²) in [7, 11) is 0. The van der Waals surface area contributed by atoms with Gasteiger partial charge in [0.1, 0.15) is 23.0 Å². The van der Waals surface area contributed by atoms with Crippen molar-refractivity contribution >= 4 is 11.9 Å². The summed E-state index contributed by atoms with van der Waals surface area (Å²) in [5, 5.41) is 19.9. The molecule has 8 unspecified atom stereocenters. The van der Waals surface area contributed by atoms with Gasteiger partial charge in [-0.15, -0.1) is 0 Å². The van der Waals surface area contributed by atoms with Crippen molar-refractivity contribution in [3.63, 3.8) is 0 Å². The molecular weight excluding hydrogens is 889 g/mol. The molecule has 374 valence electrons. The van der Waals surface area contributed by atoms with Gasteiger partial charge >= 0.3 is 11.9 Å². The smallest absolute Gasteiger partial charge is 0.335 e. The van der Waals surface area contributed by atoms with E-state index in [2.05, 4.69) is 48.5 Å². The Morgan fingerprint density at radius 3 is 1.25 bits per heavy atom. The maximum Gasteiger partial charge on any atom is 0.335 e. The van der Waals surface area contributed by atoms with Crippen LogP contribution in [0.4, 0.5) is 0 Å². The fraction of sp³-hybridized carbons (Fsp3) is 0.606. The van der Waals surface area contributed by atoms with Crippen molar-refractivity contribution in [2.24, 2.45) is 105 Å². The summed E-state index contributed by atoms with van der Waals surface area (Å²) in [4.78, 5) is 24.2. The third-order valence-electron chi connectivity index (χ3n) is 24.8. The largest absolute Gasteiger partial charge is 0.478 e. The Morgan fingerprint density at radius 2 is 0.806 bits per heavy atom. The number of hydrogen-bond donors (Lipinski definition) is 2. The van der Waals surface area contributed by atoms with Crippen molar-refractivity contribution in [1.29, 1.82) is 0 Å². The molecule has 8 atom stereocenters. The van der Waals surface area contributed by atoms with Crippen molar-refractivity contribution in [2.45, 2.75) is 140 Å². The Labute approximate surface area is 426 Å². The first kappa shape index (κ1) is 43.8. The van der Waals surface area contributed by atoms with Gasteiger partial charge in [0.25, 0.3) is 0 Å². The molecule has 16 saturated carbocycles. The second-order valence-corrected chi connectivity index (χ2v) is 28.1. The standard InChI is InChI=1S/C66H74O6/c67-60(68)47-9-13-52(14-10-47)71-56-7-3-1-5-54(56)66(55-6-2-4-8-57(55)72-53-15-11-48(12-16-53)61(69)70)51-27-45-22-46(28-51)37-65(66,36-45)64-34-43-21-44(35-64)26-50(25-43)59(64)63-32-41-20-42(33-63)24-49(23-41)58(63)62-29-38-17-39(30-62)19-40(18-38)31-62/h1-16,38-46,49-51,58-59H,17-37H2,(H,67,68)(H,69,70). The lowest BCUT2D eigenvalue weighted by Crippen LogP contribution is -2.76. The molecule has 0 radical (unpaired) electrons. The first-order chi connectivity index (χ1) is 35.0. The zero-order chi connectivity index (χ0) is 47.9. The fourth-order valence-electron chi connectivity index (χ4n) is 25.2. The molecule has 0 amide bonds. The van der Waals surface area contributed by atoms with E-state index in [4.69, 9.17) is 9.47 Å². The number of rotatable bonds is 11. The van der Waals surface area contributed by atoms with E-state index in [1.807, 2.05) is 24.3 Å². The van der Waals surface area contributed by atoms with E-state index >= 15 is 0 Å². The summed E-state index contributed by atoms with van der Waals surface area (Å²) in [6.07, 6.45) is 30.3. The SMILES string of the molecule is O=C(O)c1ccc(Oc2ccccc2C2(c3ccccc3Oc3ccc(C(=O)O)cc3)C3CC4CC(C3)CC2(C23CC5CC(CC(C5)C2C25CC6CC(CC(C6)C2C26CC7CC(CC(C7)C2)C6)C5)C3)C4)cc1. The van der Waals surface area contributed by atoms with Crippen LogP contribution in [0.25, 0.3) is 0 Å². The highest BCUT2D eigenvalue weighted by Gasteiger charge is 2.81. The Kier molecular flexibility index (Phi) is 9.29. The minimum Gasteiger partial charge on any atom is -0.478 e. The number of carboxylic acid groups (broad SMARTS) is 2. The lowest BCUT2D eigenvalue weighted by atomic mass is 9.21. The molecule has 6 heteroatoms. The number of carbonyl (C=O) groups is 2. The quantitative estimate of drug-likeness (QED) is 0.156. The molecule has 4 aromatic rings. The normalized spacial score (nSPS) is 44.6. The summed E-state index contributed by atoms with van der Waals surface area (Å²) < 4.78 is 14.6. The van der Waals surface area contributed by atoms with Crippen LogP contribution in [0.2, 0.25) is 0 Å². The second-order valence-electron chi connectivity index (χ2n) is 28.1. The molecule has 0 heterocycles. The third-order valence-corrected chi connectivity index (χ3v) is 24.8. The molecule has 0 spiro atoms. The van der Waals surface area contributed by atoms with Gasteiger partial charge in [-0.1, -0.05) is 36.4 Å². The van der Waals surface area contributed by atoms with E-state index in [1.165, 1.54) is 127 Å². The minimum atomic E-state index is -0.930. The van der Waals surface area contributed by atoms with Crippen molar-refractivity contribution in [3.8, 4) is 23.0 Å². The molecule has 20 rings (SSSR count). The molecule has 6 nitrogen and oxygen atoms in total. The maximum absolute atomic E-state index is 12.1. The van der Waals surface area contributed by atoms with Crippen LogP contribution in [0.15, 0.2) is 97.1 Å². The predicted octanol–water partition coefficient (Wildman–Crippen LogP) is 15.9. The van der Waals surface area contributed by atoms with Crippen LogP contribution in [-0.4, -0.2) is 22.2 Å². The molecule has 16 fully saturated rings. The van der Waals surface area contributed by atoms with Gasteiger partial charge in [0.2, 0.25) is 0 Å². The average molecular weight is 963 g/mol. The van der Waals surface area contributed by atoms with Crippen LogP contribution in [-0.2, 0) is 5.41 Å². The van der Waals surface area contributed by atoms with E-state index in [9.17, 15) is 19.8 Å². The molecular formula is C66H74O6. The van der Waals surface area contributed by atoms with Gasteiger partial charge in [-0.2, -0.15) is 0 Å². The second kappa shape index (κ2) is 15.3. The van der Waals surface area contributed by atoms with Gasteiger partial charge in [-0.3, -0.25) is 0 Å². The average Bonchev–Trinajstić information content (AvgIpc) is 3.34. The first-order valence-corrected chi connectivity index (χ1v) is 29.2. The first-order valence-electron chi connectivity index (χ1n) is 29.2. The number of benzene rings is 4. The lowest BCUT2D eigenvalue weighted by Gasteiger charge is -2.82. The van der Waals surface area contributed by atoms with Crippen LogP contribution >= 0.6 is 0 Å². The molecule has 16 aliphatic rings. The maximum atomic E-state index is 12.1. The van der Waals surface area contributed by atoms with E-state index < -0.39 is 17.4 Å².